The Balaban J connectivity index is 1.68. The highest BCUT2D eigenvalue weighted by molar-refractivity contribution is 7.09. The lowest BCUT2D eigenvalue weighted by Gasteiger charge is -2.34. The number of nitrogens with zero attached hydrogens (tertiary/aromatic N) is 2. The van der Waals surface area contributed by atoms with Crippen LogP contribution in [0.5, 0.6) is 0 Å². The minimum Gasteiger partial charge on any atom is -0.337 e. The third-order valence-electron chi connectivity index (χ3n) is 4.56. The topological polar surface area (TPSA) is 59.2 Å². The Morgan fingerprint density at radius 2 is 2.29 bits per heavy atom. The minimum absolute atomic E-state index is 0.0450. The smallest absolute Gasteiger partial charge is 0.273 e. The first-order valence-electron chi connectivity index (χ1n) is 8.27. The quantitative estimate of drug-likeness (QED) is 0.925. The van der Waals surface area contributed by atoms with E-state index < -0.39 is 0 Å². The number of piperidine rings is 1. The number of hydrogen-bond donors (Lipinski definition) is 1. The second-order valence-electron chi connectivity index (χ2n) is 6.41. The molecule has 2 heterocycles. The van der Waals surface area contributed by atoms with E-state index in [1.165, 1.54) is 17.4 Å². The van der Waals surface area contributed by atoms with E-state index in [1.54, 1.807) is 23.6 Å². The van der Waals surface area contributed by atoms with Crippen LogP contribution in [-0.4, -0.2) is 34.9 Å². The summed E-state index contributed by atoms with van der Waals surface area (Å²) >= 11 is 1.40. The zero-order valence-corrected chi connectivity index (χ0v) is 14.6. The van der Waals surface area contributed by atoms with Gasteiger partial charge >= 0.3 is 0 Å². The van der Waals surface area contributed by atoms with Gasteiger partial charge < -0.3 is 10.6 Å². The number of hydrogen-bond acceptors (Lipinski definition) is 4. The average molecular weight is 347 g/mol. The number of rotatable bonds is 4. The van der Waals surface area contributed by atoms with Gasteiger partial charge in [-0.1, -0.05) is 18.2 Å². The lowest BCUT2D eigenvalue weighted by Crippen LogP contribution is -2.45. The molecule has 0 radical (unpaired) electrons. The van der Waals surface area contributed by atoms with Gasteiger partial charge in [-0.25, -0.2) is 9.37 Å². The number of carbonyl (C=O) groups is 1. The summed E-state index contributed by atoms with van der Waals surface area (Å²) in [6.07, 6.45) is 2.45. The maximum Gasteiger partial charge on any atom is 0.273 e. The van der Waals surface area contributed by atoms with Crippen LogP contribution in [0.15, 0.2) is 29.6 Å². The Morgan fingerprint density at radius 1 is 1.50 bits per heavy atom. The Morgan fingerprint density at radius 3 is 3.04 bits per heavy atom. The highest BCUT2D eigenvalue weighted by Crippen LogP contribution is 2.22. The van der Waals surface area contributed by atoms with E-state index in [0.717, 1.165) is 24.4 Å². The van der Waals surface area contributed by atoms with Gasteiger partial charge in [-0.05, 0) is 37.3 Å². The van der Waals surface area contributed by atoms with Crippen LogP contribution in [0.2, 0.25) is 0 Å². The number of carbonyl (C=O) groups excluding carboxylic acids is 1. The Kier molecular flexibility index (Phi) is 5.26. The monoisotopic (exact) mass is 347 g/mol. The molecule has 1 aliphatic heterocycles. The first-order chi connectivity index (χ1) is 11.5. The molecule has 4 nitrogen and oxygen atoms in total. The molecule has 1 aliphatic rings. The number of aromatic nitrogens is 1. The van der Waals surface area contributed by atoms with E-state index in [2.05, 4.69) is 4.98 Å². The number of likely N-dealkylation sites (tertiary alicyclic amines) is 1. The summed E-state index contributed by atoms with van der Waals surface area (Å²) in [7, 11) is 0. The standard InChI is InChI=1S/C18H22FN3OS/c1-12(20)14-6-4-8-22(10-14)18(23)16-11-24-17(21-16)9-13-5-2-3-7-15(13)19/h2-3,5,7,11-12,14H,4,6,8-10,20H2,1H3/t12-,14+/m1/s1. The fourth-order valence-corrected chi connectivity index (χ4v) is 3.87. The summed E-state index contributed by atoms with van der Waals surface area (Å²) < 4.78 is 13.7. The van der Waals surface area contributed by atoms with Gasteiger partial charge in [0.15, 0.2) is 0 Å². The molecule has 1 amide bonds. The van der Waals surface area contributed by atoms with Gasteiger partial charge in [0.05, 0.1) is 5.01 Å². The zero-order valence-electron chi connectivity index (χ0n) is 13.7. The van der Waals surface area contributed by atoms with Crippen molar-refractivity contribution in [1.82, 2.24) is 9.88 Å². The molecule has 3 rings (SSSR count). The number of nitrogens with two attached hydrogens (primary N) is 1. The molecule has 1 aromatic carbocycles. The first kappa shape index (κ1) is 17.0. The fraction of sp³-hybridized carbons (Fsp3) is 0.444. The molecule has 1 aromatic heterocycles. The summed E-state index contributed by atoms with van der Waals surface area (Å²) in [6.45, 7) is 3.44. The maximum absolute atomic E-state index is 13.7. The van der Waals surface area contributed by atoms with Gasteiger partial charge in [0.1, 0.15) is 11.5 Å². The Hall–Kier alpha value is -1.79. The largest absolute Gasteiger partial charge is 0.337 e. The van der Waals surface area contributed by atoms with Crippen molar-refractivity contribution in [2.75, 3.05) is 13.1 Å². The molecule has 2 aromatic rings. The molecule has 0 saturated carbocycles. The van der Waals surface area contributed by atoms with Crippen LogP contribution >= 0.6 is 11.3 Å². The van der Waals surface area contributed by atoms with Crippen molar-refractivity contribution in [3.05, 3.63) is 51.7 Å². The SMILES string of the molecule is C[C@@H](N)[C@H]1CCCN(C(=O)c2csc(Cc3ccccc3F)n2)C1. The van der Waals surface area contributed by atoms with E-state index in [9.17, 15) is 9.18 Å². The number of halogens is 1. The molecule has 6 heteroatoms. The van der Waals surface area contributed by atoms with Crippen LogP contribution in [0, 0.1) is 11.7 Å². The molecular weight excluding hydrogens is 325 g/mol. The molecule has 2 N–H and O–H groups in total. The van der Waals surface area contributed by atoms with Gasteiger partial charge in [-0.15, -0.1) is 11.3 Å². The predicted molar refractivity (Wildman–Crippen MR) is 93.6 cm³/mol. The van der Waals surface area contributed by atoms with Gasteiger partial charge in [0, 0.05) is 30.9 Å². The maximum atomic E-state index is 13.7. The number of benzene rings is 1. The lowest BCUT2D eigenvalue weighted by molar-refractivity contribution is 0.0655. The number of thiazole rings is 1. The van der Waals surface area contributed by atoms with Gasteiger partial charge in [0.25, 0.3) is 5.91 Å². The molecule has 0 bridgehead atoms. The molecule has 1 fully saturated rings. The minimum atomic E-state index is -0.239. The van der Waals surface area contributed by atoms with Crippen LogP contribution in [-0.2, 0) is 6.42 Å². The fourth-order valence-electron chi connectivity index (χ4n) is 3.08. The second kappa shape index (κ2) is 7.40. The zero-order chi connectivity index (χ0) is 17.1. The van der Waals surface area contributed by atoms with E-state index >= 15 is 0 Å². The van der Waals surface area contributed by atoms with Gasteiger partial charge in [-0.3, -0.25) is 4.79 Å². The van der Waals surface area contributed by atoms with Crippen LogP contribution in [0.1, 0.15) is 40.8 Å². The highest BCUT2D eigenvalue weighted by Gasteiger charge is 2.27. The summed E-state index contributed by atoms with van der Waals surface area (Å²) in [5, 5.41) is 2.53. The van der Waals surface area contributed by atoms with Crippen molar-refractivity contribution in [2.24, 2.45) is 11.7 Å². The first-order valence-corrected chi connectivity index (χ1v) is 9.15. The van der Waals surface area contributed by atoms with Crippen molar-refractivity contribution in [3.8, 4) is 0 Å². The van der Waals surface area contributed by atoms with Gasteiger partial charge in [-0.2, -0.15) is 0 Å². The van der Waals surface area contributed by atoms with Gasteiger partial charge in [0.2, 0.25) is 0 Å². The predicted octanol–water partition coefficient (Wildman–Crippen LogP) is 3.07. The van der Waals surface area contributed by atoms with E-state index in [4.69, 9.17) is 5.73 Å². The average Bonchev–Trinajstić information content (AvgIpc) is 3.05. The molecule has 24 heavy (non-hydrogen) atoms. The van der Waals surface area contributed by atoms with E-state index in [-0.39, 0.29) is 17.8 Å². The molecular formula is C18H22FN3OS. The van der Waals surface area contributed by atoms with E-state index in [1.807, 2.05) is 11.8 Å². The van der Waals surface area contributed by atoms with E-state index in [0.29, 0.717) is 30.1 Å². The van der Waals surface area contributed by atoms with Crippen LogP contribution in [0.4, 0.5) is 4.39 Å². The van der Waals surface area contributed by atoms with Crippen molar-refractivity contribution in [1.29, 1.82) is 0 Å². The summed E-state index contributed by atoms with van der Waals surface area (Å²) in [5.74, 6) is 0.0620. The Labute approximate surface area is 145 Å². The van der Waals surface area contributed by atoms with Crippen molar-refractivity contribution in [3.63, 3.8) is 0 Å². The normalized spacial score (nSPS) is 19.3. The molecule has 0 unspecified atom stereocenters. The molecule has 0 aliphatic carbocycles. The van der Waals surface area contributed by atoms with Crippen LogP contribution in [0.25, 0.3) is 0 Å². The Bertz CT molecular complexity index is 716. The van der Waals surface area contributed by atoms with Crippen LogP contribution in [0.3, 0.4) is 0 Å². The summed E-state index contributed by atoms with van der Waals surface area (Å²) in [6, 6.07) is 6.75. The highest BCUT2D eigenvalue weighted by atomic mass is 32.1. The van der Waals surface area contributed by atoms with Crippen molar-refractivity contribution in [2.45, 2.75) is 32.2 Å². The van der Waals surface area contributed by atoms with Crippen molar-refractivity contribution >= 4 is 17.2 Å². The molecule has 0 spiro atoms. The summed E-state index contributed by atoms with van der Waals surface area (Å²) in [5.41, 5.74) is 7.04. The molecule has 2 atom stereocenters. The molecule has 1 saturated heterocycles. The second-order valence-corrected chi connectivity index (χ2v) is 7.35. The lowest BCUT2D eigenvalue weighted by atomic mass is 9.92. The van der Waals surface area contributed by atoms with Crippen LogP contribution < -0.4 is 5.73 Å². The number of amides is 1. The molecule has 128 valence electrons. The summed E-state index contributed by atoms with van der Waals surface area (Å²) in [4.78, 5) is 18.9. The van der Waals surface area contributed by atoms with Crippen molar-refractivity contribution < 1.29 is 9.18 Å². The third-order valence-corrected chi connectivity index (χ3v) is 5.41. The third kappa shape index (κ3) is 3.82.